The second-order valence-electron chi connectivity index (χ2n) is 4.86. The predicted octanol–water partition coefficient (Wildman–Crippen LogP) is 2.77. The minimum absolute atomic E-state index is 0.211. The molecular formula is C13H14ClNO3. The first kappa shape index (κ1) is 11.8. The van der Waals surface area contributed by atoms with E-state index in [0.29, 0.717) is 16.8 Å². The number of carboxylic acids is 1. The molecule has 2 bridgehead atoms. The van der Waals surface area contributed by atoms with Crippen LogP contribution in [-0.2, 0) is 4.74 Å². The number of fused-ring (bicyclic) bond motifs is 2. The zero-order valence-electron chi connectivity index (χ0n) is 9.73. The Balaban J connectivity index is 1.82. The Morgan fingerprint density at radius 3 is 2.89 bits per heavy atom. The number of carbonyl (C=O) groups is 1. The first-order chi connectivity index (χ1) is 8.63. The Morgan fingerprint density at radius 1 is 1.44 bits per heavy atom. The second-order valence-corrected chi connectivity index (χ2v) is 5.29. The van der Waals surface area contributed by atoms with Crippen LogP contribution < -0.4 is 5.32 Å². The molecule has 2 fully saturated rings. The lowest BCUT2D eigenvalue weighted by Gasteiger charge is -2.22. The van der Waals surface area contributed by atoms with Crippen molar-refractivity contribution in [2.24, 2.45) is 0 Å². The third kappa shape index (κ3) is 2.06. The molecule has 18 heavy (non-hydrogen) atoms. The van der Waals surface area contributed by atoms with Crippen molar-refractivity contribution in [2.75, 3.05) is 5.32 Å². The molecule has 4 nitrogen and oxygen atoms in total. The molecule has 3 unspecified atom stereocenters. The normalized spacial score (nSPS) is 29.5. The van der Waals surface area contributed by atoms with E-state index in [9.17, 15) is 4.79 Å². The van der Waals surface area contributed by atoms with Gasteiger partial charge in [0.15, 0.2) is 0 Å². The van der Waals surface area contributed by atoms with Crippen LogP contribution in [0.5, 0.6) is 0 Å². The van der Waals surface area contributed by atoms with E-state index in [1.165, 1.54) is 6.07 Å². The zero-order valence-corrected chi connectivity index (χ0v) is 10.5. The van der Waals surface area contributed by atoms with Crippen molar-refractivity contribution >= 4 is 23.3 Å². The molecular weight excluding hydrogens is 254 g/mol. The van der Waals surface area contributed by atoms with Gasteiger partial charge in [0.1, 0.15) is 0 Å². The van der Waals surface area contributed by atoms with Gasteiger partial charge in [0.05, 0.1) is 23.8 Å². The summed E-state index contributed by atoms with van der Waals surface area (Å²) in [5, 5.41) is 12.9. The maximum absolute atomic E-state index is 11.2. The molecule has 0 amide bonds. The lowest BCUT2D eigenvalue weighted by molar-refractivity contribution is 0.0697. The topological polar surface area (TPSA) is 58.6 Å². The molecule has 1 aromatic rings. The predicted molar refractivity (Wildman–Crippen MR) is 68.3 cm³/mol. The number of benzene rings is 1. The molecule has 5 heteroatoms. The zero-order chi connectivity index (χ0) is 12.7. The third-order valence-electron chi connectivity index (χ3n) is 3.66. The maximum Gasteiger partial charge on any atom is 0.337 e. The Morgan fingerprint density at radius 2 is 2.28 bits per heavy atom. The first-order valence-corrected chi connectivity index (χ1v) is 6.46. The monoisotopic (exact) mass is 267 g/mol. The van der Waals surface area contributed by atoms with Crippen molar-refractivity contribution < 1.29 is 14.6 Å². The lowest BCUT2D eigenvalue weighted by atomic mass is 9.95. The van der Waals surface area contributed by atoms with Gasteiger partial charge >= 0.3 is 5.97 Å². The Kier molecular flexibility index (Phi) is 2.92. The van der Waals surface area contributed by atoms with E-state index in [1.54, 1.807) is 12.1 Å². The molecule has 3 rings (SSSR count). The highest BCUT2D eigenvalue weighted by atomic mass is 35.5. The number of nitrogens with one attached hydrogen (secondary N) is 1. The molecule has 0 spiro atoms. The molecule has 1 aromatic carbocycles. The fourth-order valence-corrected chi connectivity index (χ4v) is 2.98. The van der Waals surface area contributed by atoms with Crippen molar-refractivity contribution in [1.82, 2.24) is 0 Å². The van der Waals surface area contributed by atoms with Gasteiger partial charge in [0.2, 0.25) is 0 Å². The summed E-state index contributed by atoms with van der Waals surface area (Å²) < 4.78 is 5.75. The number of hydrogen-bond donors (Lipinski definition) is 2. The highest BCUT2D eigenvalue weighted by Crippen LogP contribution is 2.36. The fourth-order valence-electron chi connectivity index (χ4n) is 2.81. The summed E-state index contributed by atoms with van der Waals surface area (Å²) in [6.07, 6.45) is 3.68. The minimum atomic E-state index is -0.968. The fraction of sp³-hybridized carbons (Fsp3) is 0.462. The number of ether oxygens (including phenoxy) is 1. The molecule has 2 heterocycles. The van der Waals surface area contributed by atoms with Crippen LogP contribution in [0.1, 0.15) is 29.6 Å². The van der Waals surface area contributed by atoms with E-state index < -0.39 is 5.97 Å². The van der Waals surface area contributed by atoms with E-state index in [-0.39, 0.29) is 17.7 Å². The minimum Gasteiger partial charge on any atom is -0.478 e. The van der Waals surface area contributed by atoms with Crippen molar-refractivity contribution in [1.29, 1.82) is 0 Å². The molecule has 0 radical (unpaired) electrons. The van der Waals surface area contributed by atoms with Crippen LogP contribution in [0.15, 0.2) is 18.2 Å². The van der Waals surface area contributed by atoms with Gasteiger partial charge in [0, 0.05) is 10.7 Å². The largest absolute Gasteiger partial charge is 0.478 e. The third-order valence-corrected chi connectivity index (χ3v) is 3.89. The summed E-state index contributed by atoms with van der Waals surface area (Å²) in [5.41, 5.74) is 0.832. The summed E-state index contributed by atoms with van der Waals surface area (Å²) >= 11 is 5.82. The van der Waals surface area contributed by atoms with Crippen molar-refractivity contribution in [2.45, 2.75) is 37.5 Å². The Bertz CT molecular complexity index is 491. The van der Waals surface area contributed by atoms with Gasteiger partial charge in [-0.15, -0.1) is 0 Å². The lowest BCUT2D eigenvalue weighted by Crippen LogP contribution is -2.31. The van der Waals surface area contributed by atoms with Crippen molar-refractivity contribution in [3.8, 4) is 0 Å². The van der Waals surface area contributed by atoms with Crippen molar-refractivity contribution in [3.05, 3.63) is 28.8 Å². The van der Waals surface area contributed by atoms with Gasteiger partial charge in [-0.2, -0.15) is 0 Å². The molecule has 2 saturated heterocycles. The summed E-state index contributed by atoms with van der Waals surface area (Å²) in [4.78, 5) is 11.2. The average Bonchev–Trinajstić information content (AvgIpc) is 2.93. The average molecular weight is 268 g/mol. The van der Waals surface area contributed by atoms with Gasteiger partial charge in [-0.3, -0.25) is 0 Å². The summed E-state index contributed by atoms with van der Waals surface area (Å²) in [6, 6.07) is 5.10. The van der Waals surface area contributed by atoms with E-state index in [0.717, 1.165) is 19.3 Å². The van der Waals surface area contributed by atoms with Crippen LogP contribution in [-0.4, -0.2) is 29.3 Å². The summed E-state index contributed by atoms with van der Waals surface area (Å²) in [5.74, 6) is -0.968. The van der Waals surface area contributed by atoms with Gasteiger partial charge in [-0.1, -0.05) is 11.6 Å². The van der Waals surface area contributed by atoms with E-state index >= 15 is 0 Å². The van der Waals surface area contributed by atoms with Crippen LogP contribution in [0.4, 0.5) is 5.69 Å². The van der Waals surface area contributed by atoms with E-state index in [2.05, 4.69) is 5.32 Å². The second kappa shape index (κ2) is 4.44. The molecule has 0 aliphatic carbocycles. The number of carboxylic acid groups (broad SMARTS) is 1. The quantitative estimate of drug-likeness (QED) is 0.884. The number of aromatic carboxylic acids is 1. The molecule has 2 N–H and O–H groups in total. The van der Waals surface area contributed by atoms with Crippen LogP contribution in [0, 0.1) is 0 Å². The van der Waals surface area contributed by atoms with Crippen LogP contribution >= 0.6 is 11.6 Å². The van der Waals surface area contributed by atoms with Crippen LogP contribution in [0.25, 0.3) is 0 Å². The van der Waals surface area contributed by atoms with Gasteiger partial charge in [0.25, 0.3) is 0 Å². The number of rotatable bonds is 3. The molecule has 0 saturated carbocycles. The number of hydrogen-bond acceptors (Lipinski definition) is 3. The molecule has 0 aromatic heterocycles. The van der Waals surface area contributed by atoms with E-state index in [1.807, 2.05) is 0 Å². The standard InChI is InChI=1S/C13H14ClNO3/c14-7-1-3-10(9(5-7)13(16)17)15-11-6-8-2-4-12(11)18-8/h1,3,5,8,11-12,15H,2,4,6H2,(H,16,17). The summed E-state index contributed by atoms with van der Waals surface area (Å²) in [7, 11) is 0. The highest BCUT2D eigenvalue weighted by molar-refractivity contribution is 6.31. The van der Waals surface area contributed by atoms with Gasteiger partial charge in [-0.25, -0.2) is 4.79 Å². The number of halogens is 1. The van der Waals surface area contributed by atoms with Crippen molar-refractivity contribution in [3.63, 3.8) is 0 Å². The molecule has 2 aliphatic heterocycles. The van der Waals surface area contributed by atoms with Gasteiger partial charge < -0.3 is 15.2 Å². The molecule has 3 atom stereocenters. The Labute approximate surface area is 110 Å². The number of anilines is 1. The first-order valence-electron chi connectivity index (χ1n) is 6.08. The van der Waals surface area contributed by atoms with Gasteiger partial charge in [-0.05, 0) is 37.5 Å². The highest BCUT2D eigenvalue weighted by Gasteiger charge is 2.40. The smallest absolute Gasteiger partial charge is 0.337 e. The molecule has 2 aliphatic rings. The summed E-state index contributed by atoms with van der Waals surface area (Å²) in [6.45, 7) is 0. The molecule has 96 valence electrons. The SMILES string of the molecule is O=C(O)c1cc(Cl)ccc1NC1CC2CCC1O2. The maximum atomic E-state index is 11.2. The van der Waals surface area contributed by atoms with Crippen LogP contribution in [0.2, 0.25) is 5.02 Å². The Hall–Kier alpha value is -1.26. The van der Waals surface area contributed by atoms with E-state index in [4.69, 9.17) is 21.4 Å². The van der Waals surface area contributed by atoms with Crippen LogP contribution in [0.3, 0.4) is 0 Å².